The number of aryl methyl sites for hydroxylation is 1. The van der Waals surface area contributed by atoms with Crippen molar-refractivity contribution in [1.82, 2.24) is 14.9 Å². The first-order valence-corrected chi connectivity index (χ1v) is 6.06. The lowest BCUT2D eigenvalue weighted by Crippen LogP contribution is -2.33. The van der Waals surface area contributed by atoms with E-state index in [0.29, 0.717) is 19.0 Å². The molecule has 5 N–H and O–H groups in total. The molecule has 1 fully saturated rings. The molecular weight excluding hydrogens is 248 g/mol. The van der Waals surface area contributed by atoms with Crippen molar-refractivity contribution in [3.8, 4) is 0 Å². The molecule has 1 saturated carbocycles. The zero-order valence-corrected chi connectivity index (χ0v) is 10.7. The molecule has 1 aliphatic carbocycles. The van der Waals surface area contributed by atoms with Crippen LogP contribution in [-0.2, 0) is 11.8 Å². The third kappa shape index (κ3) is 3.95. The Morgan fingerprint density at radius 3 is 3.21 bits per heavy atom. The zero-order chi connectivity index (χ0) is 13.8. The van der Waals surface area contributed by atoms with Crippen LogP contribution in [0.4, 0.5) is 5.82 Å². The Hall–Kier alpha value is -2.09. The summed E-state index contributed by atoms with van der Waals surface area (Å²) < 4.78 is 6.97. The number of guanidine groups is 1. The summed E-state index contributed by atoms with van der Waals surface area (Å²) >= 11 is 0. The molecule has 1 aromatic heterocycles. The number of hydrogen-bond donors (Lipinski definition) is 4. The van der Waals surface area contributed by atoms with Crippen LogP contribution in [0.3, 0.4) is 0 Å². The Labute approximate surface area is 110 Å². The molecule has 19 heavy (non-hydrogen) atoms. The van der Waals surface area contributed by atoms with Gasteiger partial charge in [0.15, 0.2) is 5.96 Å². The van der Waals surface area contributed by atoms with E-state index in [1.54, 1.807) is 19.3 Å². The van der Waals surface area contributed by atoms with Gasteiger partial charge >= 0.3 is 5.69 Å². The molecule has 0 bridgehead atoms. The molecule has 0 radical (unpaired) electrons. The normalized spacial score (nSPS) is 20.9. The van der Waals surface area contributed by atoms with Crippen LogP contribution in [0.1, 0.15) is 6.42 Å². The average molecular weight is 266 g/mol. The Bertz CT molecular complexity index is 514. The molecule has 1 heterocycles. The number of hydrogen-bond acceptors (Lipinski definition) is 5. The summed E-state index contributed by atoms with van der Waals surface area (Å²) in [5, 5.41) is 12.8. The van der Waals surface area contributed by atoms with Crippen LogP contribution in [0, 0.1) is 5.41 Å². The van der Waals surface area contributed by atoms with E-state index < -0.39 is 0 Å². The van der Waals surface area contributed by atoms with Gasteiger partial charge in [0.05, 0.1) is 18.8 Å². The monoisotopic (exact) mass is 266 g/mol. The van der Waals surface area contributed by atoms with E-state index in [4.69, 9.17) is 15.9 Å². The van der Waals surface area contributed by atoms with Crippen molar-refractivity contribution in [2.75, 3.05) is 18.5 Å². The van der Waals surface area contributed by atoms with Gasteiger partial charge in [-0.15, -0.1) is 0 Å². The number of aromatic nitrogens is 2. The highest BCUT2D eigenvalue weighted by atomic mass is 16.5. The van der Waals surface area contributed by atoms with Crippen molar-refractivity contribution in [1.29, 1.82) is 5.41 Å². The molecule has 0 aromatic carbocycles. The number of nitrogens with two attached hydrogens (primary N) is 1. The molecule has 8 nitrogen and oxygen atoms in total. The fourth-order valence-electron chi connectivity index (χ4n) is 1.64. The SMILES string of the molecule is Cn1ccc(NC2CC2OCCNC(=N)N)nc1=O. The lowest BCUT2D eigenvalue weighted by Gasteiger charge is -2.07. The minimum absolute atomic E-state index is 0.0570. The summed E-state index contributed by atoms with van der Waals surface area (Å²) in [5.41, 5.74) is 4.86. The standard InChI is InChI=1S/C11H18N6O2/c1-17-4-2-9(16-11(17)18)15-7-6-8(7)19-5-3-14-10(12)13/h2,4,7-8H,3,5-6H2,1H3,(H4,12,13,14)(H,15,16,18). The Morgan fingerprint density at radius 1 is 1.74 bits per heavy atom. The lowest BCUT2D eigenvalue weighted by molar-refractivity contribution is 0.122. The number of nitrogens with zero attached hydrogens (tertiary/aromatic N) is 2. The highest BCUT2D eigenvalue weighted by Crippen LogP contribution is 2.28. The molecule has 1 aliphatic rings. The van der Waals surface area contributed by atoms with Crippen LogP contribution in [0.2, 0.25) is 0 Å². The minimum Gasteiger partial charge on any atom is -0.374 e. The van der Waals surface area contributed by atoms with Gasteiger partial charge < -0.3 is 25.7 Å². The van der Waals surface area contributed by atoms with Crippen LogP contribution >= 0.6 is 0 Å². The second kappa shape index (κ2) is 5.70. The zero-order valence-electron chi connectivity index (χ0n) is 10.7. The smallest absolute Gasteiger partial charge is 0.349 e. The molecule has 0 saturated heterocycles. The van der Waals surface area contributed by atoms with Crippen molar-refractivity contribution < 1.29 is 4.74 Å². The van der Waals surface area contributed by atoms with Crippen LogP contribution in [0.25, 0.3) is 0 Å². The minimum atomic E-state index is -0.284. The first kappa shape index (κ1) is 13.3. The largest absolute Gasteiger partial charge is 0.374 e. The van der Waals surface area contributed by atoms with Crippen molar-refractivity contribution in [2.45, 2.75) is 18.6 Å². The summed E-state index contributed by atoms with van der Waals surface area (Å²) in [7, 11) is 1.66. The number of rotatable bonds is 6. The fourth-order valence-corrected chi connectivity index (χ4v) is 1.64. The summed E-state index contributed by atoms with van der Waals surface area (Å²) in [5.74, 6) is 0.513. The van der Waals surface area contributed by atoms with E-state index in [1.807, 2.05) is 0 Å². The van der Waals surface area contributed by atoms with Gasteiger partial charge in [0.2, 0.25) is 0 Å². The highest BCUT2D eigenvalue weighted by Gasteiger charge is 2.38. The van der Waals surface area contributed by atoms with Crippen molar-refractivity contribution >= 4 is 11.8 Å². The van der Waals surface area contributed by atoms with Gasteiger partial charge in [-0.1, -0.05) is 0 Å². The van der Waals surface area contributed by atoms with E-state index in [9.17, 15) is 4.79 Å². The molecule has 104 valence electrons. The maximum atomic E-state index is 11.3. The van der Waals surface area contributed by atoms with E-state index in [0.717, 1.165) is 6.42 Å². The van der Waals surface area contributed by atoms with Gasteiger partial charge in [0.1, 0.15) is 5.82 Å². The van der Waals surface area contributed by atoms with Gasteiger partial charge in [-0.3, -0.25) is 5.41 Å². The number of ether oxygens (including phenoxy) is 1. The quantitative estimate of drug-likeness (QED) is 0.293. The van der Waals surface area contributed by atoms with Crippen LogP contribution < -0.4 is 22.1 Å². The summed E-state index contributed by atoms with van der Waals surface area (Å²) in [6, 6.07) is 1.95. The molecule has 0 spiro atoms. The Morgan fingerprint density at radius 2 is 2.53 bits per heavy atom. The van der Waals surface area contributed by atoms with E-state index in [2.05, 4.69) is 15.6 Å². The Balaban J connectivity index is 1.70. The third-order valence-electron chi connectivity index (χ3n) is 2.79. The first-order valence-electron chi connectivity index (χ1n) is 6.06. The molecule has 2 atom stereocenters. The molecule has 2 rings (SSSR count). The maximum Gasteiger partial charge on any atom is 0.349 e. The molecule has 8 heteroatoms. The highest BCUT2D eigenvalue weighted by molar-refractivity contribution is 5.74. The summed E-state index contributed by atoms with van der Waals surface area (Å²) in [4.78, 5) is 15.2. The second-order valence-corrected chi connectivity index (χ2v) is 4.44. The molecular formula is C11H18N6O2. The summed E-state index contributed by atoms with van der Waals surface area (Å²) in [6.07, 6.45) is 2.68. The third-order valence-corrected chi connectivity index (χ3v) is 2.79. The van der Waals surface area contributed by atoms with Crippen LogP contribution in [0.15, 0.2) is 17.1 Å². The molecule has 2 unspecified atom stereocenters. The van der Waals surface area contributed by atoms with Crippen molar-refractivity contribution in [3.63, 3.8) is 0 Å². The topological polar surface area (TPSA) is 118 Å². The molecule has 1 aromatic rings. The van der Waals surface area contributed by atoms with Crippen molar-refractivity contribution in [3.05, 3.63) is 22.7 Å². The molecule has 0 amide bonds. The number of anilines is 1. The fraction of sp³-hybridized carbons (Fsp3) is 0.545. The van der Waals surface area contributed by atoms with Gasteiger partial charge in [0.25, 0.3) is 0 Å². The van der Waals surface area contributed by atoms with Crippen LogP contribution in [0.5, 0.6) is 0 Å². The van der Waals surface area contributed by atoms with Crippen molar-refractivity contribution in [2.24, 2.45) is 12.8 Å². The predicted molar refractivity (Wildman–Crippen MR) is 71.2 cm³/mol. The van der Waals surface area contributed by atoms with E-state index in [-0.39, 0.29) is 23.8 Å². The lowest BCUT2D eigenvalue weighted by atomic mass is 10.5. The number of nitrogens with one attached hydrogen (secondary N) is 3. The van der Waals surface area contributed by atoms with Gasteiger partial charge in [0, 0.05) is 19.8 Å². The van der Waals surface area contributed by atoms with Gasteiger partial charge in [-0.25, -0.2) is 4.79 Å². The van der Waals surface area contributed by atoms with Gasteiger partial charge in [-0.2, -0.15) is 4.98 Å². The average Bonchev–Trinajstić information content (AvgIpc) is 3.08. The molecule has 0 aliphatic heterocycles. The van der Waals surface area contributed by atoms with Gasteiger partial charge in [-0.05, 0) is 12.5 Å². The maximum absolute atomic E-state index is 11.3. The van der Waals surface area contributed by atoms with E-state index in [1.165, 1.54) is 4.57 Å². The second-order valence-electron chi connectivity index (χ2n) is 4.44. The van der Waals surface area contributed by atoms with Crippen LogP contribution in [-0.4, -0.2) is 40.8 Å². The Kier molecular flexibility index (Phi) is 4.00. The summed E-state index contributed by atoms with van der Waals surface area (Å²) in [6.45, 7) is 1.01. The van der Waals surface area contributed by atoms with E-state index >= 15 is 0 Å². The predicted octanol–water partition coefficient (Wildman–Crippen LogP) is -1.17. The first-order chi connectivity index (χ1) is 9.06.